The van der Waals surface area contributed by atoms with Crippen LogP contribution in [0.3, 0.4) is 0 Å². The highest BCUT2D eigenvalue weighted by molar-refractivity contribution is 7.91. The maximum atomic E-state index is 11.8. The molecular weight excluding hydrogens is 350 g/mol. The number of carbonyl (C=O) groups excluding carboxylic acids is 3. The summed E-state index contributed by atoms with van der Waals surface area (Å²) in [6.07, 6.45) is 0.370. The topological polar surface area (TPSA) is 131 Å². The first-order valence-electron chi connectivity index (χ1n) is 7.52. The molecule has 3 amide bonds. The zero-order chi connectivity index (χ0) is 18.4. The molecule has 0 aliphatic carbocycles. The second-order valence-electron chi connectivity index (χ2n) is 5.54. The molecule has 0 unspecified atom stereocenters. The van der Waals surface area contributed by atoms with Crippen molar-refractivity contribution in [2.75, 3.05) is 30.5 Å². The van der Waals surface area contributed by atoms with Gasteiger partial charge in [-0.3, -0.25) is 4.79 Å². The van der Waals surface area contributed by atoms with Gasteiger partial charge in [-0.2, -0.15) is 0 Å². The molecule has 10 heteroatoms. The van der Waals surface area contributed by atoms with Gasteiger partial charge < -0.3 is 20.7 Å². The van der Waals surface area contributed by atoms with E-state index >= 15 is 0 Å². The van der Waals surface area contributed by atoms with E-state index in [1.54, 1.807) is 0 Å². The molecule has 1 aliphatic heterocycles. The van der Waals surface area contributed by atoms with Crippen LogP contribution in [0.1, 0.15) is 16.8 Å². The summed E-state index contributed by atoms with van der Waals surface area (Å²) in [5.41, 5.74) is 0.811. The van der Waals surface area contributed by atoms with Crippen molar-refractivity contribution in [1.82, 2.24) is 10.6 Å². The van der Waals surface area contributed by atoms with Gasteiger partial charge in [-0.05, 0) is 30.7 Å². The summed E-state index contributed by atoms with van der Waals surface area (Å²) in [6.45, 7) is -0.274. The minimum absolute atomic E-state index is 0.0556. The van der Waals surface area contributed by atoms with Crippen LogP contribution < -0.4 is 16.0 Å². The van der Waals surface area contributed by atoms with Crippen molar-refractivity contribution in [3.05, 3.63) is 29.8 Å². The summed E-state index contributed by atoms with van der Waals surface area (Å²) in [5.74, 6) is -0.968. The Hall–Kier alpha value is -2.62. The molecular formula is C15H19N3O6S. The van der Waals surface area contributed by atoms with Crippen LogP contribution in [0, 0.1) is 0 Å². The third-order valence-corrected chi connectivity index (χ3v) is 5.33. The Morgan fingerprint density at radius 3 is 2.44 bits per heavy atom. The van der Waals surface area contributed by atoms with Gasteiger partial charge in [-0.25, -0.2) is 18.0 Å². The van der Waals surface area contributed by atoms with Crippen LogP contribution in [-0.2, 0) is 19.4 Å². The van der Waals surface area contributed by atoms with Crippen molar-refractivity contribution in [2.24, 2.45) is 0 Å². The quantitative estimate of drug-likeness (QED) is 0.621. The van der Waals surface area contributed by atoms with Gasteiger partial charge in [0.25, 0.3) is 0 Å². The summed E-state index contributed by atoms with van der Waals surface area (Å²) in [5, 5.41) is 7.44. The van der Waals surface area contributed by atoms with E-state index in [-0.39, 0.29) is 18.1 Å². The molecule has 0 bridgehead atoms. The number of hydrogen-bond donors (Lipinski definition) is 3. The number of rotatable bonds is 5. The number of anilines is 1. The Morgan fingerprint density at radius 1 is 1.20 bits per heavy atom. The monoisotopic (exact) mass is 369 g/mol. The number of methoxy groups -OCH3 is 1. The van der Waals surface area contributed by atoms with Gasteiger partial charge in [0.15, 0.2) is 9.84 Å². The predicted molar refractivity (Wildman–Crippen MR) is 90.0 cm³/mol. The van der Waals surface area contributed by atoms with E-state index in [1.165, 1.54) is 31.4 Å². The van der Waals surface area contributed by atoms with Gasteiger partial charge in [-0.15, -0.1) is 0 Å². The molecule has 2 rings (SSSR count). The van der Waals surface area contributed by atoms with Crippen molar-refractivity contribution in [2.45, 2.75) is 12.5 Å². The molecule has 1 aromatic rings. The fourth-order valence-electron chi connectivity index (χ4n) is 2.32. The lowest BCUT2D eigenvalue weighted by Crippen LogP contribution is -2.45. The minimum atomic E-state index is -3.08. The third kappa shape index (κ3) is 5.75. The molecule has 136 valence electrons. The average molecular weight is 369 g/mol. The van der Waals surface area contributed by atoms with Crippen molar-refractivity contribution in [3.63, 3.8) is 0 Å². The molecule has 0 saturated carbocycles. The van der Waals surface area contributed by atoms with E-state index in [2.05, 4.69) is 20.7 Å². The molecule has 0 aromatic heterocycles. The Balaban J connectivity index is 1.75. The first kappa shape index (κ1) is 18.7. The summed E-state index contributed by atoms with van der Waals surface area (Å²) >= 11 is 0. The lowest BCUT2D eigenvalue weighted by Gasteiger charge is -2.12. The molecule has 1 aromatic carbocycles. The van der Waals surface area contributed by atoms with Crippen molar-refractivity contribution < 1.29 is 27.5 Å². The van der Waals surface area contributed by atoms with Crippen LogP contribution in [0.15, 0.2) is 24.3 Å². The maximum absolute atomic E-state index is 11.8. The number of urea groups is 1. The first-order chi connectivity index (χ1) is 11.8. The molecule has 3 N–H and O–H groups in total. The number of nitrogens with one attached hydrogen (secondary N) is 3. The highest BCUT2D eigenvalue weighted by Crippen LogP contribution is 2.11. The minimum Gasteiger partial charge on any atom is -0.465 e. The average Bonchev–Trinajstić information content (AvgIpc) is 2.91. The summed E-state index contributed by atoms with van der Waals surface area (Å²) in [6, 6.07) is 5.04. The SMILES string of the molecule is COC(=O)c1ccc(NC(=O)CNC(=O)N[C@@H]2CCS(=O)(=O)C2)cc1. The van der Waals surface area contributed by atoms with Crippen LogP contribution in [0.4, 0.5) is 10.5 Å². The lowest BCUT2D eigenvalue weighted by molar-refractivity contribution is -0.115. The Bertz CT molecular complexity index is 760. The largest absolute Gasteiger partial charge is 0.465 e. The van der Waals surface area contributed by atoms with Gasteiger partial charge in [-0.1, -0.05) is 0 Å². The Kier molecular flexibility index (Phi) is 5.97. The molecule has 1 heterocycles. The molecule has 1 aliphatic rings. The Morgan fingerprint density at radius 2 is 1.88 bits per heavy atom. The molecule has 25 heavy (non-hydrogen) atoms. The van der Waals surface area contributed by atoms with Crippen LogP contribution in [0.2, 0.25) is 0 Å². The second kappa shape index (κ2) is 7.97. The van der Waals surface area contributed by atoms with Gasteiger partial charge in [0.1, 0.15) is 0 Å². The van der Waals surface area contributed by atoms with Crippen LogP contribution in [-0.4, -0.2) is 57.5 Å². The van der Waals surface area contributed by atoms with Gasteiger partial charge >= 0.3 is 12.0 Å². The van der Waals surface area contributed by atoms with Crippen molar-refractivity contribution >= 4 is 33.4 Å². The fraction of sp³-hybridized carbons (Fsp3) is 0.400. The van der Waals surface area contributed by atoms with Crippen molar-refractivity contribution in [3.8, 4) is 0 Å². The maximum Gasteiger partial charge on any atom is 0.337 e. The van der Waals surface area contributed by atoms with E-state index in [4.69, 9.17) is 0 Å². The first-order valence-corrected chi connectivity index (χ1v) is 9.34. The third-order valence-electron chi connectivity index (χ3n) is 3.57. The number of esters is 1. The zero-order valence-corrected chi connectivity index (χ0v) is 14.4. The molecule has 0 radical (unpaired) electrons. The highest BCUT2D eigenvalue weighted by atomic mass is 32.2. The number of benzene rings is 1. The number of hydrogen-bond acceptors (Lipinski definition) is 6. The predicted octanol–water partition coefficient (Wildman–Crippen LogP) is -0.102. The smallest absolute Gasteiger partial charge is 0.337 e. The van der Waals surface area contributed by atoms with E-state index in [1.807, 2.05) is 0 Å². The second-order valence-corrected chi connectivity index (χ2v) is 7.77. The van der Waals surface area contributed by atoms with Gasteiger partial charge in [0.05, 0.1) is 30.7 Å². The normalized spacial score (nSPS) is 18.2. The van der Waals surface area contributed by atoms with E-state index in [0.29, 0.717) is 17.7 Å². The summed E-state index contributed by atoms with van der Waals surface area (Å²) in [7, 11) is -1.81. The van der Waals surface area contributed by atoms with Crippen molar-refractivity contribution in [1.29, 1.82) is 0 Å². The van der Waals surface area contributed by atoms with Crippen LogP contribution in [0.5, 0.6) is 0 Å². The molecule has 1 atom stereocenters. The fourth-order valence-corrected chi connectivity index (χ4v) is 3.99. The van der Waals surface area contributed by atoms with Gasteiger partial charge in [0, 0.05) is 11.7 Å². The summed E-state index contributed by atoms with van der Waals surface area (Å²) < 4.78 is 27.2. The van der Waals surface area contributed by atoms with E-state index in [9.17, 15) is 22.8 Å². The number of ether oxygens (including phenoxy) is 1. The van der Waals surface area contributed by atoms with Crippen LogP contribution in [0.25, 0.3) is 0 Å². The highest BCUT2D eigenvalue weighted by Gasteiger charge is 2.28. The molecule has 1 fully saturated rings. The van der Waals surface area contributed by atoms with E-state index < -0.39 is 33.8 Å². The lowest BCUT2D eigenvalue weighted by atomic mass is 10.2. The molecule has 9 nitrogen and oxygen atoms in total. The van der Waals surface area contributed by atoms with Gasteiger partial charge in [0.2, 0.25) is 5.91 Å². The molecule has 1 saturated heterocycles. The number of amides is 3. The number of carbonyl (C=O) groups is 3. The van der Waals surface area contributed by atoms with Crippen LogP contribution >= 0.6 is 0 Å². The van der Waals surface area contributed by atoms with E-state index in [0.717, 1.165) is 0 Å². The Labute approximate surface area is 145 Å². The molecule has 0 spiro atoms. The summed E-state index contributed by atoms with van der Waals surface area (Å²) in [4.78, 5) is 34.8. The number of sulfone groups is 1. The zero-order valence-electron chi connectivity index (χ0n) is 13.6. The standard InChI is InChI=1S/C15H19N3O6S/c1-24-14(20)10-2-4-11(5-3-10)17-13(19)8-16-15(21)18-12-6-7-25(22,23)9-12/h2-5,12H,6-9H2,1H3,(H,17,19)(H2,16,18,21)/t12-/m1/s1.